The smallest absolute Gasteiger partial charge is 0.255 e. The van der Waals surface area contributed by atoms with Gasteiger partial charge in [0, 0.05) is 31.3 Å². The molecule has 6 N–H and O–H groups in total. The van der Waals surface area contributed by atoms with E-state index in [1.54, 1.807) is 25.1 Å². The number of carbonyl (C=O) groups excluding carboxylic acids is 3. The Morgan fingerprint density at radius 3 is 2.20 bits per heavy atom. The minimum Gasteiger partial charge on any atom is -0.508 e. The molecule has 3 aliphatic carbocycles. The standard InChI is InChI=1S/C32H34F3N3O7/c1-37(2)20-12-14(7-5-6-13-8-18(33)24(35)19(34)9-13)26(39)22-16(20)10-15-11-17-25(38(3)4)28(41)23(31(36)44)30(43)32(17,45)29(42)21(15)27(22)40/h8-9,12,15,17,25,39-40,43,45H,5-7,10-11H2,1-4H3,(H2,36,44)/t15-,17-,25?,32-/m0/s1. The zero-order valence-corrected chi connectivity index (χ0v) is 25.1. The molecule has 0 aliphatic heterocycles. The molecule has 1 amide bonds. The van der Waals surface area contributed by atoms with E-state index in [4.69, 9.17) is 5.73 Å². The van der Waals surface area contributed by atoms with E-state index in [-0.39, 0.29) is 54.6 Å². The molecule has 0 aromatic heterocycles. The third-order valence-corrected chi connectivity index (χ3v) is 9.21. The number of aliphatic hydroxyl groups is 3. The maximum Gasteiger partial charge on any atom is 0.255 e. The fourth-order valence-corrected chi connectivity index (χ4v) is 7.17. The number of aryl methyl sites for hydroxylation is 2. The lowest BCUT2D eigenvalue weighted by molar-refractivity contribution is -0.153. The molecular weight excluding hydrogens is 595 g/mol. The average molecular weight is 630 g/mol. The average Bonchev–Trinajstić information content (AvgIpc) is 2.94. The van der Waals surface area contributed by atoms with Crippen LogP contribution in [0, 0.1) is 29.3 Å². The van der Waals surface area contributed by atoms with Crippen molar-refractivity contribution in [2.24, 2.45) is 17.6 Å². The summed E-state index contributed by atoms with van der Waals surface area (Å²) in [5.74, 6) is -11.5. The highest BCUT2D eigenvalue weighted by atomic mass is 19.2. The van der Waals surface area contributed by atoms with Gasteiger partial charge in [-0.1, -0.05) is 0 Å². The third kappa shape index (κ3) is 4.85. The van der Waals surface area contributed by atoms with Crippen LogP contribution < -0.4 is 10.6 Å². The second kappa shape index (κ2) is 11.2. The molecule has 10 nitrogen and oxygen atoms in total. The Hall–Kier alpha value is -4.36. The van der Waals surface area contributed by atoms with E-state index in [9.17, 15) is 48.0 Å². The molecule has 5 rings (SSSR count). The number of aromatic hydroxyl groups is 1. The molecule has 0 saturated heterocycles. The first kappa shape index (κ1) is 32.0. The molecule has 1 saturated carbocycles. The number of hydrogen-bond acceptors (Lipinski definition) is 9. The lowest BCUT2D eigenvalue weighted by atomic mass is 9.57. The number of anilines is 1. The van der Waals surface area contributed by atoms with Gasteiger partial charge in [0.2, 0.25) is 5.78 Å². The van der Waals surface area contributed by atoms with Crippen molar-refractivity contribution in [1.29, 1.82) is 0 Å². The van der Waals surface area contributed by atoms with Gasteiger partial charge >= 0.3 is 0 Å². The van der Waals surface area contributed by atoms with Gasteiger partial charge in [0.05, 0.1) is 11.6 Å². The molecule has 2 aromatic rings. The highest BCUT2D eigenvalue weighted by Gasteiger charge is 2.64. The molecular formula is C32H34F3N3O7. The Labute approximate surface area is 256 Å². The van der Waals surface area contributed by atoms with Gasteiger partial charge in [-0.3, -0.25) is 19.3 Å². The van der Waals surface area contributed by atoms with E-state index in [0.717, 1.165) is 12.1 Å². The zero-order chi connectivity index (χ0) is 33.3. The van der Waals surface area contributed by atoms with E-state index in [2.05, 4.69) is 0 Å². The van der Waals surface area contributed by atoms with Crippen molar-refractivity contribution in [1.82, 2.24) is 4.90 Å². The Balaban J connectivity index is 1.59. The number of halogens is 3. The number of nitrogens with zero attached hydrogens (tertiary/aromatic N) is 2. The van der Waals surface area contributed by atoms with E-state index in [1.165, 1.54) is 19.0 Å². The summed E-state index contributed by atoms with van der Waals surface area (Å²) in [4.78, 5) is 42.7. The normalized spacial score (nSPS) is 24.5. The van der Waals surface area contributed by atoms with Gasteiger partial charge in [0.15, 0.2) is 28.8 Å². The minimum absolute atomic E-state index is 0.0358. The molecule has 0 radical (unpaired) electrons. The van der Waals surface area contributed by atoms with Crippen LogP contribution in [-0.4, -0.2) is 82.6 Å². The lowest BCUT2D eigenvalue weighted by Gasteiger charge is -2.50. The second-order valence-corrected chi connectivity index (χ2v) is 12.3. The van der Waals surface area contributed by atoms with Crippen molar-refractivity contribution in [2.75, 3.05) is 33.1 Å². The molecule has 240 valence electrons. The first-order valence-corrected chi connectivity index (χ1v) is 14.3. The van der Waals surface area contributed by atoms with E-state index >= 15 is 0 Å². The van der Waals surface area contributed by atoms with Crippen LogP contribution in [0.25, 0.3) is 5.76 Å². The summed E-state index contributed by atoms with van der Waals surface area (Å²) in [7, 11) is 6.55. The number of phenolic OH excluding ortho intramolecular Hbond substituents is 1. The summed E-state index contributed by atoms with van der Waals surface area (Å²) in [6, 6.07) is 2.31. The summed E-state index contributed by atoms with van der Waals surface area (Å²) in [6.07, 6.45) is 0.683. The Bertz CT molecular complexity index is 1690. The predicted octanol–water partition coefficient (Wildman–Crippen LogP) is 2.62. The number of amides is 1. The van der Waals surface area contributed by atoms with Gasteiger partial charge in [0.25, 0.3) is 5.91 Å². The predicted molar refractivity (Wildman–Crippen MR) is 157 cm³/mol. The Morgan fingerprint density at radius 1 is 1.02 bits per heavy atom. The van der Waals surface area contributed by atoms with Crippen molar-refractivity contribution in [2.45, 2.75) is 43.7 Å². The largest absolute Gasteiger partial charge is 0.508 e. The molecule has 2 aromatic carbocycles. The second-order valence-electron chi connectivity index (χ2n) is 12.3. The Morgan fingerprint density at radius 2 is 1.64 bits per heavy atom. The van der Waals surface area contributed by atoms with Crippen molar-refractivity contribution in [3.05, 3.63) is 74.8 Å². The van der Waals surface area contributed by atoms with Crippen LogP contribution in [0.2, 0.25) is 0 Å². The number of rotatable bonds is 7. The first-order chi connectivity index (χ1) is 21.0. The van der Waals surface area contributed by atoms with Gasteiger partial charge < -0.3 is 31.1 Å². The lowest BCUT2D eigenvalue weighted by Crippen LogP contribution is -2.65. The number of phenols is 1. The quantitative estimate of drug-likeness (QED) is 0.229. The monoisotopic (exact) mass is 629 g/mol. The van der Waals surface area contributed by atoms with Gasteiger partial charge in [0.1, 0.15) is 22.8 Å². The number of fused-ring (bicyclic) bond motifs is 3. The number of primary amides is 1. The van der Waals surface area contributed by atoms with Crippen LogP contribution >= 0.6 is 0 Å². The summed E-state index contributed by atoms with van der Waals surface area (Å²) in [5.41, 5.74) is 3.09. The van der Waals surface area contributed by atoms with Crippen LogP contribution in [0.1, 0.15) is 35.1 Å². The number of hydrogen-bond donors (Lipinski definition) is 5. The van der Waals surface area contributed by atoms with Crippen molar-refractivity contribution in [3.8, 4) is 5.75 Å². The fourth-order valence-electron chi connectivity index (χ4n) is 7.17. The highest BCUT2D eigenvalue weighted by molar-refractivity contribution is 6.24. The number of ketones is 2. The fraction of sp³-hybridized carbons (Fsp3) is 0.406. The maximum absolute atomic E-state index is 14.1. The number of carbonyl (C=O) groups is 3. The van der Waals surface area contributed by atoms with Gasteiger partial charge in [-0.25, -0.2) is 13.2 Å². The minimum atomic E-state index is -2.75. The zero-order valence-electron chi connectivity index (χ0n) is 25.1. The molecule has 1 unspecified atom stereocenters. The topological polar surface area (TPSA) is 165 Å². The van der Waals surface area contributed by atoms with Crippen molar-refractivity contribution in [3.63, 3.8) is 0 Å². The van der Waals surface area contributed by atoms with Gasteiger partial charge in [-0.2, -0.15) is 0 Å². The molecule has 4 atom stereocenters. The van der Waals surface area contributed by atoms with Crippen LogP contribution in [0.4, 0.5) is 18.9 Å². The van der Waals surface area contributed by atoms with Crippen LogP contribution in [-0.2, 0) is 33.6 Å². The summed E-state index contributed by atoms with van der Waals surface area (Å²) < 4.78 is 40.8. The molecule has 0 bridgehead atoms. The maximum atomic E-state index is 14.1. The van der Waals surface area contributed by atoms with E-state index in [1.807, 2.05) is 0 Å². The summed E-state index contributed by atoms with van der Waals surface area (Å²) >= 11 is 0. The first-order valence-electron chi connectivity index (χ1n) is 14.3. The Kier molecular flexibility index (Phi) is 7.99. The number of aliphatic hydroxyl groups excluding tert-OH is 2. The number of Topliss-reactive ketones (excluding diaryl/α,β-unsaturated/α-hetero) is 2. The van der Waals surface area contributed by atoms with Crippen LogP contribution in [0.3, 0.4) is 0 Å². The molecule has 1 fully saturated rings. The highest BCUT2D eigenvalue weighted by Crippen LogP contribution is 2.54. The van der Waals surface area contributed by atoms with E-state index in [0.29, 0.717) is 16.8 Å². The molecule has 0 heterocycles. The molecule has 3 aliphatic rings. The van der Waals surface area contributed by atoms with Crippen LogP contribution in [0.15, 0.2) is 35.1 Å². The van der Waals surface area contributed by atoms with Gasteiger partial charge in [-0.05, 0) is 87.0 Å². The summed E-state index contributed by atoms with van der Waals surface area (Å²) in [6.45, 7) is 0. The molecule has 13 heteroatoms. The van der Waals surface area contributed by atoms with Crippen LogP contribution in [0.5, 0.6) is 5.75 Å². The summed E-state index contributed by atoms with van der Waals surface area (Å²) in [5, 5.41) is 45.8. The van der Waals surface area contributed by atoms with Gasteiger partial charge in [-0.15, -0.1) is 0 Å². The third-order valence-electron chi connectivity index (χ3n) is 9.21. The molecule has 45 heavy (non-hydrogen) atoms. The number of likely N-dealkylation sites (N-methyl/N-ethyl adjacent to an activating group) is 1. The molecule has 0 spiro atoms. The van der Waals surface area contributed by atoms with E-state index < -0.39 is 75.5 Å². The van der Waals surface area contributed by atoms with Crippen molar-refractivity contribution >= 4 is 28.9 Å². The van der Waals surface area contributed by atoms with Crippen molar-refractivity contribution < 1.29 is 48.0 Å². The number of benzene rings is 2. The number of nitrogens with two attached hydrogens (primary N) is 1. The SMILES string of the molecule is CN(C)c1cc(CCCc2cc(F)c(F)c(F)c2)c(O)c2c1C[C@H]1C[C@H]3C(N(C)C)C(=O)C(C(N)=O)=C(O)[C@@]3(O)C(=O)C1=C2O.